The number of rotatable bonds is 2. The Morgan fingerprint density at radius 2 is 2.29 bits per heavy atom. The minimum Gasteiger partial charge on any atom is -0.367 e. The molecule has 1 N–H and O–H groups in total. The molecule has 1 aromatic heterocycles. The Hall–Kier alpha value is -1.29. The predicted molar refractivity (Wildman–Crippen MR) is 65.9 cm³/mol. The first-order chi connectivity index (χ1) is 8.25. The molecule has 3 rings (SSSR count). The number of carbonyl (C=O) groups is 1. The minimum absolute atomic E-state index is 0.172. The number of hydrogen-bond donors (Lipinski definition) is 1. The summed E-state index contributed by atoms with van der Waals surface area (Å²) in [6, 6.07) is 1.85. The Bertz CT molecular complexity index is 412. The summed E-state index contributed by atoms with van der Waals surface area (Å²) in [5.74, 6) is 0.172. The van der Waals surface area contributed by atoms with Gasteiger partial charge in [0.25, 0.3) is 5.91 Å². The molecule has 0 bridgehead atoms. The molecule has 0 aliphatic carbocycles. The molecule has 1 amide bonds. The van der Waals surface area contributed by atoms with Gasteiger partial charge in [0.05, 0.1) is 5.56 Å². The number of likely N-dealkylation sites (tertiary alicyclic amines) is 2. The van der Waals surface area contributed by atoms with Gasteiger partial charge in [-0.3, -0.25) is 9.69 Å². The highest BCUT2D eigenvalue weighted by Crippen LogP contribution is 2.39. The second kappa shape index (κ2) is 3.88. The fraction of sp³-hybridized carbons (Fsp3) is 0.615. The van der Waals surface area contributed by atoms with Gasteiger partial charge in [0, 0.05) is 37.6 Å². The molecular formula is C13H19N3O. The molecule has 2 aliphatic rings. The van der Waals surface area contributed by atoms with Crippen molar-refractivity contribution in [3.63, 3.8) is 0 Å². The summed E-state index contributed by atoms with van der Waals surface area (Å²) in [5, 5.41) is 0. The molecule has 4 nitrogen and oxygen atoms in total. The summed E-state index contributed by atoms with van der Waals surface area (Å²) < 4.78 is 0. The van der Waals surface area contributed by atoms with Crippen LogP contribution in [0.4, 0.5) is 0 Å². The zero-order valence-electron chi connectivity index (χ0n) is 10.3. The van der Waals surface area contributed by atoms with Gasteiger partial charge in [-0.25, -0.2) is 0 Å². The molecule has 0 saturated carbocycles. The van der Waals surface area contributed by atoms with E-state index in [9.17, 15) is 4.79 Å². The number of aromatic nitrogens is 1. The third kappa shape index (κ3) is 1.59. The van der Waals surface area contributed by atoms with Gasteiger partial charge in [-0.05, 0) is 25.5 Å². The van der Waals surface area contributed by atoms with E-state index in [0.717, 1.165) is 31.6 Å². The second-order valence-electron chi connectivity index (χ2n) is 5.13. The Kier molecular flexibility index (Phi) is 2.47. The SMILES string of the molecule is CCN1CCC12CCN(C(=O)c1cc[nH]c1)C2. The summed E-state index contributed by atoms with van der Waals surface area (Å²) in [6.07, 6.45) is 5.97. The van der Waals surface area contributed by atoms with Crippen LogP contribution in [0.1, 0.15) is 30.1 Å². The Labute approximate surface area is 102 Å². The van der Waals surface area contributed by atoms with Crippen LogP contribution >= 0.6 is 0 Å². The molecule has 2 saturated heterocycles. The number of carbonyl (C=O) groups excluding carboxylic acids is 1. The second-order valence-corrected chi connectivity index (χ2v) is 5.13. The quantitative estimate of drug-likeness (QED) is 0.837. The van der Waals surface area contributed by atoms with E-state index < -0.39 is 0 Å². The number of H-pyrrole nitrogens is 1. The van der Waals surface area contributed by atoms with Crippen molar-refractivity contribution in [2.24, 2.45) is 0 Å². The van der Waals surface area contributed by atoms with Crippen LogP contribution in [0, 0.1) is 0 Å². The zero-order valence-corrected chi connectivity index (χ0v) is 10.3. The lowest BCUT2D eigenvalue weighted by Crippen LogP contribution is -2.61. The highest BCUT2D eigenvalue weighted by Gasteiger charge is 2.49. The molecule has 3 heterocycles. The molecule has 4 heteroatoms. The van der Waals surface area contributed by atoms with Gasteiger partial charge in [0.2, 0.25) is 0 Å². The van der Waals surface area contributed by atoms with Crippen LogP contribution in [0.25, 0.3) is 0 Å². The van der Waals surface area contributed by atoms with E-state index in [2.05, 4.69) is 16.8 Å². The van der Waals surface area contributed by atoms with Gasteiger partial charge in [-0.15, -0.1) is 0 Å². The van der Waals surface area contributed by atoms with Gasteiger partial charge in [-0.1, -0.05) is 6.92 Å². The van der Waals surface area contributed by atoms with Crippen molar-refractivity contribution in [1.82, 2.24) is 14.8 Å². The maximum absolute atomic E-state index is 12.2. The molecular weight excluding hydrogens is 214 g/mol. The summed E-state index contributed by atoms with van der Waals surface area (Å²) in [6.45, 7) is 6.32. The summed E-state index contributed by atoms with van der Waals surface area (Å²) in [5.41, 5.74) is 1.09. The van der Waals surface area contributed by atoms with Crippen molar-refractivity contribution in [2.45, 2.75) is 25.3 Å². The Balaban J connectivity index is 1.70. The smallest absolute Gasteiger partial charge is 0.255 e. The first kappa shape index (κ1) is 10.8. The third-order valence-electron chi connectivity index (χ3n) is 4.36. The van der Waals surface area contributed by atoms with Crippen molar-refractivity contribution in [3.8, 4) is 0 Å². The van der Waals surface area contributed by atoms with Crippen molar-refractivity contribution >= 4 is 5.91 Å². The minimum atomic E-state index is 0.172. The standard InChI is InChI=1S/C13H19N3O/c1-2-16-8-5-13(16)4-7-15(10-13)12(17)11-3-6-14-9-11/h3,6,9,14H,2,4-5,7-8,10H2,1H3. The normalized spacial score (nSPS) is 28.6. The van der Waals surface area contributed by atoms with Crippen LogP contribution in [0.5, 0.6) is 0 Å². The number of nitrogens with one attached hydrogen (secondary N) is 1. The van der Waals surface area contributed by atoms with Crippen LogP contribution in [-0.4, -0.2) is 52.4 Å². The monoisotopic (exact) mass is 233 g/mol. The van der Waals surface area contributed by atoms with Gasteiger partial charge in [-0.2, -0.15) is 0 Å². The molecule has 2 aliphatic heterocycles. The van der Waals surface area contributed by atoms with E-state index in [4.69, 9.17) is 0 Å². The molecule has 1 aromatic rings. The summed E-state index contributed by atoms with van der Waals surface area (Å²) in [4.78, 5) is 19.7. The van der Waals surface area contributed by atoms with Crippen molar-refractivity contribution < 1.29 is 4.79 Å². The van der Waals surface area contributed by atoms with Crippen LogP contribution in [0.3, 0.4) is 0 Å². The molecule has 0 radical (unpaired) electrons. The lowest BCUT2D eigenvalue weighted by molar-refractivity contribution is -0.000762. The molecule has 17 heavy (non-hydrogen) atoms. The molecule has 2 fully saturated rings. The van der Waals surface area contributed by atoms with E-state index in [-0.39, 0.29) is 5.91 Å². The van der Waals surface area contributed by atoms with Crippen molar-refractivity contribution in [3.05, 3.63) is 24.0 Å². The average Bonchev–Trinajstić information content (AvgIpc) is 2.98. The Morgan fingerprint density at radius 1 is 1.47 bits per heavy atom. The molecule has 1 spiro atoms. The topological polar surface area (TPSA) is 39.3 Å². The maximum atomic E-state index is 12.2. The molecule has 0 aromatic carbocycles. The van der Waals surface area contributed by atoms with Crippen LogP contribution in [0.15, 0.2) is 18.5 Å². The highest BCUT2D eigenvalue weighted by atomic mass is 16.2. The van der Waals surface area contributed by atoms with Gasteiger partial charge >= 0.3 is 0 Å². The first-order valence-electron chi connectivity index (χ1n) is 6.42. The number of hydrogen-bond acceptors (Lipinski definition) is 2. The lowest BCUT2D eigenvalue weighted by Gasteiger charge is -2.50. The number of likely N-dealkylation sites (N-methyl/N-ethyl adjacent to an activating group) is 1. The molecule has 1 atom stereocenters. The zero-order chi connectivity index (χ0) is 11.9. The van der Waals surface area contributed by atoms with Crippen LogP contribution < -0.4 is 0 Å². The third-order valence-corrected chi connectivity index (χ3v) is 4.36. The van der Waals surface area contributed by atoms with Gasteiger partial charge in [0.1, 0.15) is 0 Å². The van der Waals surface area contributed by atoms with Crippen molar-refractivity contribution in [1.29, 1.82) is 0 Å². The van der Waals surface area contributed by atoms with Gasteiger partial charge in [0.15, 0.2) is 0 Å². The molecule has 92 valence electrons. The fourth-order valence-electron chi connectivity index (χ4n) is 3.21. The Morgan fingerprint density at radius 3 is 2.88 bits per heavy atom. The van der Waals surface area contributed by atoms with E-state index in [1.54, 1.807) is 12.4 Å². The highest BCUT2D eigenvalue weighted by molar-refractivity contribution is 5.94. The van der Waals surface area contributed by atoms with Crippen molar-refractivity contribution in [2.75, 3.05) is 26.2 Å². The van der Waals surface area contributed by atoms with Gasteiger partial charge < -0.3 is 9.88 Å². The van der Waals surface area contributed by atoms with E-state index >= 15 is 0 Å². The maximum Gasteiger partial charge on any atom is 0.255 e. The van der Waals surface area contributed by atoms with E-state index in [0.29, 0.717) is 5.54 Å². The summed E-state index contributed by atoms with van der Waals surface area (Å²) >= 11 is 0. The lowest BCUT2D eigenvalue weighted by atomic mass is 9.84. The van der Waals surface area contributed by atoms with E-state index in [1.165, 1.54) is 13.0 Å². The largest absolute Gasteiger partial charge is 0.367 e. The van der Waals surface area contributed by atoms with Crippen LogP contribution in [-0.2, 0) is 0 Å². The van der Waals surface area contributed by atoms with E-state index in [1.807, 2.05) is 11.0 Å². The molecule has 1 unspecified atom stereocenters. The summed E-state index contributed by atoms with van der Waals surface area (Å²) in [7, 11) is 0. The predicted octanol–water partition coefficient (Wildman–Crippen LogP) is 1.32. The average molecular weight is 233 g/mol. The van der Waals surface area contributed by atoms with Crippen LogP contribution in [0.2, 0.25) is 0 Å². The number of aromatic amines is 1. The fourth-order valence-corrected chi connectivity index (χ4v) is 3.21. The first-order valence-corrected chi connectivity index (χ1v) is 6.42. The number of amides is 1. The number of nitrogens with zero attached hydrogens (tertiary/aromatic N) is 2.